The summed E-state index contributed by atoms with van der Waals surface area (Å²) >= 11 is 1.71. The first-order chi connectivity index (χ1) is 16.8. The van der Waals surface area contributed by atoms with Crippen molar-refractivity contribution in [2.24, 2.45) is 0 Å². The van der Waals surface area contributed by atoms with Gasteiger partial charge in [-0.15, -0.1) is 11.3 Å². The van der Waals surface area contributed by atoms with Crippen LogP contribution in [0.5, 0.6) is 0 Å². The van der Waals surface area contributed by atoms with Crippen LogP contribution in [0.15, 0.2) is 109 Å². The molecule has 6 aromatic rings. The molecule has 4 aromatic carbocycles. The van der Waals surface area contributed by atoms with Gasteiger partial charge in [-0.1, -0.05) is 48.5 Å². The summed E-state index contributed by atoms with van der Waals surface area (Å²) in [5, 5.41) is 1.01. The number of nitrogens with zero attached hydrogens (tertiary/aromatic N) is 4. The van der Waals surface area contributed by atoms with Crippen LogP contribution in [0.1, 0.15) is 5.82 Å². The summed E-state index contributed by atoms with van der Waals surface area (Å²) in [5.74, 6) is 0.880. The molecule has 5 heteroatoms. The lowest BCUT2D eigenvalue weighted by molar-refractivity contribution is 1.06. The lowest BCUT2D eigenvalue weighted by atomic mass is 10.2. The first-order valence-corrected chi connectivity index (χ1v) is 12.0. The predicted octanol–water partition coefficient (Wildman–Crippen LogP) is 7.41. The lowest BCUT2D eigenvalue weighted by Crippen LogP contribution is -2.07. The fourth-order valence-electron chi connectivity index (χ4n) is 4.12. The first-order valence-electron chi connectivity index (χ1n) is 11.2. The molecular weight excluding hydrogens is 436 g/mol. The van der Waals surface area contributed by atoms with Crippen LogP contribution < -0.4 is 4.90 Å². The van der Waals surface area contributed by atoms with Gasteiger partial charge >= 0.3 is 0 Å². The number of imidazole rings is 1. The third-order valence-electron chi connectivity index (χ3n) is 5.85. The van der Waals surface area contributed by atoms with Gasteiger partial charge in [-0.25, -0.2) is 9.97 Å². The van der Waals surface area contributed by atoms with Crippen LogP contribution in [-0.4, -0.2) is 21.6 Å². The summed E-state index contributed by atoms with van der Waals surface area (Å²) in [6.45, 7) is 0. The van der Waals surface area contributed by atoms with Crippen LogP contribution >= 0.6 is 11.3 Å². The highest BCUT2D eigenvalue weighted by molar-refractivity contribution is 7.21. The molecule has 0 amide bonds. The maximum absolute atomic E-state index is 5.02. The summed E-state index contributed by atoms with van der Waals surface area (Å²) < 4.78 is 3.40. The van der Waals surface area contributed by atoms with Gasteiger partial charge in [0.2, 0.25) is 0 Å². The molecule has 0 bridgehead atoms. The molecule has 4 nitrogen and oxygen atoms in total. The van der Waals surface area contributed by atoms with E-state index in [0.29, 0.717) is 0 Å². The summed E-state index contributed by atoms with van der Waals surface area (Å²) in [5.41, 5.74) is 6.34. The average molecular weight is 459 g/mol. The molecule has 34 heavy (non-hydrogen) atoms. The Morgan fingerprint density at radius 2 is 1.50 bits per heavy atom. The number of thiazole rings is 1. The summed E-state index contributed by atoms with van der Waals surface area (Å²) in [4.78, 5) is 12.0. The van der Waals surface area contributed by atoms with Gasteiger partial charge in [-0.2, -0.15) is 0 Å². The minimum Gasteiger partial charge on any atom is -0.351 e. The average Bonchev–Trinajstić information content (AvgIpc) is 3.49. The van der Waals surface area contributed by atoms with E-state index < -0.39 is 0 Å². The Labute approximate surface area is 202 Å². The van der Waals surface area contributed by atoms with Gasteiger partial charge < -0.3 is 4.90 Å². The van der Waals surface area contributed by atoms with Crippen molar-refractivity contribution >= 4 is 44.4 Å². The van der Waals surface area contributed by atoms with E-state index in [1.807, 2.05) is 37.4 Å². The number of benzene rings is 4. The van der Waals surface area contributed by atoms with E-state index in [4.69, 9.17) is 9.97 Å². The molecule has 0 spiro atoms. The molecule has 6 rings (SSSR count). The number of hydrogen-bond acceptors (Lipinski definition) is 4. The Morgan fingerprint density at radius 1 is 0.765 bits per heavy atom. The zero-order valence-electron chi connectivity index (χ0n) is 18.7. The topological polar surface area (TPSA) is 34.0 Å². The third kappa shape index (κ3) is 3.76. The van der Waals surface area contributed by atoms with E-state index in [-0.39, 0.29) is 0 Å². The van der Waals surface area contributed by atoms with E-state index in [9.17, 15) is 0 Å². The molecule has 0 N–H and O–H groups in total. The fourth-order valence-corrected chi connectivity index (χ4v) is 5.08. The van der Waals surface area contributed by atoms with Gasteiger partial charge in [-0.3, -0.25) is 4.57 Å². The number of anilines is 1. The largest absolute Gasteiger partial charge is 0.351 e. The van der Waals surface area contributed by atoms with E-state index in [2.05, 4.69) is 94.5 Å². The van der Waals surface area contributed by atoms with Gasteiger partial charge in [0.25, 0.3) is 0 Å². The van der Waals surface area contributed by atoms with Crippen molar-refractivity contribution in [1.29, 1.82) is 0 Å². The molecule has 2 aromatic heterocycles. The second-order valence-corrected chi connectivity index (χ2v) is 9.12. The predicted molar refractivity (Wildman–Crippen MR) is 144 cm³/mol. The Hall–Kier alpha value is -4.22. The second kappa shape index (κ2) is 8.61. The lowest BCUT2D eigenvalue weighted by Gasteiger charge is -2.14. The zero-order valence-corrected chi connectivity index (χ0v) is 19.5. The smallest absolute Gasteiger partial charge is 0.139 e. The summed E-state index contributed by atoms with van der Waals surface area (Å²) in [7, 11) is 2.05. The van der Waals surface area contributed by atoms with Crippen LogP contribution in [0.2, 0.25) is 0 Å². The van der Waals surface area contributed by atoms with E-state index in [1.165, 1.54) is 4.70 Å². The minimum atomic E-state index is 0.880. The van der Waals surface area contributed by atoms with Crippen LogP contribution in [0.25, 0.3) is 43.6 Å². The maximum Gasteiger partial charge on any atom is 0.139 e. The second-order valence-electron chi connectivity index (χ2n) is 8.09. The maximum atomic E-state index is 5.02. The van der Waals surface area contributed by atoms with Gasteiger partial charge in [0.15, 0.2) is 0 Å². The van der Waals surface area contributed by atoms with Crippen molar-refractivity contribution < 1.29 is 0 Å². The standard InChI is InChI=1S/C29H22N4S/c1-32(22-10-4-2-5-11-22)19-18-28-30-25-20-21(29-31-24-14-8-9-15-27(24)34-29)16-17-26(25)33(28)23-12-6-3-7-13-23/h2-20H,1H3/b19-18+. The molecule has 0 aliphatic rings. The molecule has 0 aliphatic heterocycles. The Kier molecular flexibility index (Phi) is 5.17. The molecule has 0 fully saturated rings. The Balaban J connectivity index is 1.46. The van der Waals surface area contributed by atoms with Crippen molar-refractivity contribution in [1.82, 2.24) is 14.5 Å². The highest BCUT2D eigenvalue weighted by Gasteiger charge is 2.13. The Bertz CT molecular complexity index is 1580. The van der Waals surface area contributed by atoms with Crippen molar-refractivity contribution in [3.8, 4) is 16.3 Å². The van der Waals surface area contributed by atoms with Crippen molar-refractivity contribution in [2.45, 2.75) is 0 Å². The molecule has 0 saturated carbocycles. The molecular formula is C29H22N4S. The van der Waals surface area contributed by atoms with Gasteiger partial charge in [-0.05, 0) is 60.7 Å². The van der Waals surface area contributed by atoms with E-state index in [0.717, 1.165) is 44.3 Å². The van der Waals surface area contributed by atoms with Crippen LogP contribution in [0, 0.1) is 0 Å². The zero-order chi connectivity index (χ0) is 22.9. The third-order valence-corrected chi connectivity index (χ3v) is 6.93. The summed E-state index contributed by atoms with van der Waals surface area (Å²) in [6, 6.07) is 35.4. The molecule has 0 saturated heterocycles. The Morgan fingerprint density at radius 3 is 2.29 bits per heavy atom. The minimum absolute atomic E-state index is 0.880. The molecule has 0 aliphatic carbocycles. The van der Waals surface area contributed by atoms with Crippen molar-refractivity contribution in [2.75, 3.05) is 11.9 Å². The molecule has 164 valence electrons. The number of para-hydroxylation sites is 3. The van der Waals surface area contributed by atoms with Gasteiger partial charge in [0.1, 0.15) is 10.8 Å². The van der Waals surface area contributed by atoms with Crippen LogP contribution in [0.3, 0.4) is 0 Å². The van der Waals surface area contributed by atoms with Crippen molar-refractivity contribution in [3.63, 3.8) is 0 Å². The van der Waals surface area contributed by atoms with E-state index in [1.54, 1.807) is 11.3 Å². The molecule has 2 heterocycles. The fraction of sp³-hybridized carbons (Fsp3) is 0.0345. The number of aromatic nitrogens is 3. The SMILES string of the molecule is CN(/C=C/c1nc2cc(-c3nc4ccccc4s3)ccc2n1-c1ccccc1)c1ccccc1. The quantitative estimate of drug-likeness (QED) is 0.270. The highest BCUT2D eigenvalue weighted by Crippen LogP contribution is 2.33. The highest BCUT2D eigenvalue weighted by atomic mass is 32.1. The monoisotopic (exact) mass is 458 g/mol. The number of fused-ring (bicyclic) bond motifs is 2. The molecule has 0 radical (unpaired) electrons. The van der Waals surface area contributed by atoms with Crippen LogP contribution in [-0.2, 0) is 0 Å². The van der Waals surface area contributed by atoms with Gasteiger partial charge in [0.05, 0.1) is 21.3 Å². The summed E-state index contributed by atoms with van der Waals surface area (Å²) in [6.07, 6.45) is 4.13. The number of rotatable bonds is 5. The molecule has 0 atom stereocenters. The van der Waals surface area contributed by atoms with E-state index >= 15 is 0 Å². The first kappa shape index (κ1) is 20.4. The van der Waals surface area contributed by atoms with Gasteiger partial charge in [0, 0.05) is 30.2 Å². The van der Waals surface area contributed by atoms with Crippen LogP contribution in [0.4, 0.5) is 5.69 Å². The van der Waals surface area contributed by atoms with Crippen molar-refractivity contribution in [3.05, 3.63) is 115 Å². The normalized spacial score (nSPS) is 11.6. The number of hydrogen-bond donors (Lipinski definition) is 0. The molecule has 0 unspecified atom stereocenters.